The van der Waals surface area contributed by atoms with Gasteiger partial charge in [-0.15, -0.1) is 0 Å². The van der Waals surface area contributed by atoms with Crippen LogP contribution in [0.4, 0.5) is 5.69 Å². The molecule has 0 saturated carbocycles. The van der Waals surface area contributed by atoms with Gasteiger partial charge in [0.25, 0.3) is 0 Å². The fourth-order valence-corrected chi connectivity index (χ4v) is 1.57. The predicted octanol–water partition coefficient (Wildman–Crippen LogP) is 2.08. The third-order valence-corrected chi connectivity index (χ3v) is 2.48. The molecule has 0 spiro atoms. The van der Waals surface area contributed by atoms with Gasteiger partial charge in [-0.2, -0.15) is 5.26 Å². The lowest BCUT2D eigenvalue weighted by Crippen LogP contribution is -2.09. The zero-order valence-corrected chi connectivity index (χ0v) is 9.34. The van der Waals surface area contributed by atoms with Gasteiger partial charge < -0.3 is 11.1 Å². The summed E-state index contributed by atoms with van der Waals surface area (Å²) in [5.41, 5.74) is 6.88. The first-order valence-corrected chi connectivity index (χ1v) is 5.21. The molecule has 0 radical (unpaired) electrons. The van der Waals surface area contributed by atoms with Crippen LogP contribution in [0.2, 0.25) is 0 Å². The number of benzene rings is 1. The highest BCUT2D eigenvalue weighted by atomic mass is 79.9. The molecule has 14 heavy (non-hydrogen) atoms. The lowest BCUT2D eigenvalue weighted by Gasteiger charge is -2.07. The summed E-state index contributed by atoms with van der Waals surface area (Å²) >= 11 is 3.33. The average Bonchev–Trinajstić information content (AvgIpc) is 2.18. The van der Waals surface area contributed by atoms with Crippen LogP contribution in [-0.2, 0) is 0 Å². The minimum Gasteiger partial charge on any atom is -0.384 e. The van der Waals surface area contributed by atoms with E-state index in [1.54, 1.807) is 0 Å². The van der Waals surface area contributed by atoms with Crippen LogP contribution >= 0.6 is 15.9 Å². The van der Waals surface area contributed by atoms with Crippen LogP contribution in [0.25, 0.3) is 0 Å². The number of nitrogens with two attached hydrogens (primary N) is 1. The van der Waals surface area contributed by atoms with E-state index in [4.69, 9.17) is 11.0 Å². The number of hydrogen-bond acceptors (Lipinski definition) is 3. The lowest BCUT2D eigenvalue weighted by molar-refractivity contribution is 0.874. The SMILES string of the molecule is N#Cc1c(Br)cccc1NCCCN. The van der Waals surface area contributed by atoms with Crippen LogP contribution in [0.15, 0.2) is 22.7 Å². The zero-order chi connectivity index (χ0) is 10.4. The normalized spacial score (nSPS) is 9.50. The molecule has 0 aliphatic carbocycles. The Morgan fingerprint density at radius 1 is 1.50 bits per heavy atom. The maximum Gasteiger partial charge on any atom is 0.103 e. The van der Waals surface area contributed by atoms with Crippen molar-refractivity contribution in [2.75, 3.05) is 18.4 Å². The summed E-state index contributed by atoms with van der Waals surface area (Å²) in [4.78, 5) is 0. The van der Waals surface area contributed by atoms with E-state index in [1.165, 1.54) is 0 Å². The molecule has 1 rings (SSSR count). The number of nitrogens with zero attached hydrogens (tertiary/aromatic N) is 1. The fraction of sp³-hybridized carbons (Fsp3) is 0.300. The second kappa shape index (κ2) is 5.63. The van der Waals surface area contributed by atoms with E-state index in [0.717, 1.165) is 23.1 Å². The molecule has 0 aliphatic rings. The summed E-state index contributed by atoms with van der Waals surface area (Å²) in [6, 6.07) is 7.79. The van der Waals surface area contributed by atoms with Gasteiger partial charge in [0.1, 0.15) is 6.07 Å². The molecular formula is C10H12BrN3. The third-order valence-electron chi connectivity index (χ3n) is 1.82. The second-order valence-corrected chi connectivity index (χ2v) is 3.70. The van der Waals surface area contributed by atoms with Gasteiger partial charge in [0.2, 0.25) is 0 Å². The average molecular weight is 254 g/mol. The fourth-order valence-electron chi connectivity index (χ4n) is 1.11. The smallest absolute Gasteiger partial charge is 0.103 e. The Morgan fingerprint density at radius 2 is 2.29 bits per heavy atom. The van der Waals surface area contributed by atoms with Crippen LogP contribution in [0.1, 0.15) is 12.0 Å². The predicted molar refractivity (Wildman–Crippen MR) is 61.0 cm³/mol. The Hall–Kier alpha value is -1.05. The van der Waals surface area contributed by atoms with Gasteiger partial charge in [-0.3, -0.25) is 0 Å². The van der Waals surface area contributed by atoms with Crippen LogP contribution < -0.4 is 11.1 Å². The molecule has 1 aromatic carbocycles. The van der Waals surface area contributed by atoms with Crippen molar-refractivity contribution in [2.24, 2.45) is 5.73 Å². The monoisotopic (exact) mass is 253 g/mol. The molecule has 0 aromatic heterocycles. The van der Waals surface area contributed by atoms with E-state index in [1.807, 2.05) is 18.2 Å². The first-order chi connectivity index (χ1) is 6.79. The van der Waals surface area contributed by atoms with Crippen LogP contribution in [-0.4, -0.2) is 13.1 Å². The highest BCUT2D eigenvalue weighted by Gasteiger charge is 2.04. The summed E-state index contributed by atoms with van der Waals surface area (Å²) < 4.78 is 0.817. The Kier molecular flexibility index (Phi) is 4.44. The molecular weight excluding hydrogens is 242 g/mol. The summed E-state index contributed by atoms with van der Waals surface area (Å²) in [7, 11) is 0. The molecule has 0 bridgehead atoms. The number of hydrogen-bond donors (Lipinski definition) is 2. The highest BCUT2D eigenvalue weighted by Crippen LogP contribution is 2.23. The van der Waals surface area contributed by atoms with Crippen molar-refractivity contribution in [1.29, 1.82) is 5.26 Å². The van der Waals surface area contributed by atoms with Crippen LogP contribution in [0.5, 0.6) is 0 Å². The maximum atomic E-state index is 8.91. The van der Waals surface area contributed by atoms with Crippen molar-refractivity contribution >= 4 is 21.6 Å². The molecule has 3 N–H and O–H groups in total. The standard InChI is InChI=1S/C10H12BrN3/c11-9-3-1-4-10(8(9)7-13)14-6-2-5-12/h1,3-4,14H,2,5-6,12H2. The summed E-state index contributed by atoms with van der Waals surface area (Å²) in [6.07, 6.45) is 0.900. The molecule has 0 atom stereocenters. The van der Waals surface area contributed by atoms with Crippen molar-refractivity contribution in [3.05, 3.63) is 28.2 Å². The number of halogens is 1. The van der Waals surface area contributed by atoms with E-state index in [2.05, 4.69) is 27.3 Å². The topological polar surface area (TPSA) is 61.8 Å². The third kappa shape index (κ3) is 2.72. The van der Waals surface area contributed by atoms with Gasteiger partial charge in [0, 0.05) is 11.0 Å². The van der Waals surface area contributed by atoms with Crippen molar-refractivity contribution < 1.29 is 0 Å². The zero-order valence-electron chi connectivity index (χ0n) is 7.76. The molecule has 74 valence electrons. The van der Waals surface area contributed by atoms with Gasteiger partial charge in [0.05, 0.1) is 11.3 Å². The van der Waals surface area contributed by atoms with E-state index in [0.29, 0.717) is 12.1 Å². The minimum absolute atomic E-state index is 0.643. The van der Waals surface area contributed by atoms with Gasteiger partial charge in [-0.05, 0) is 41.0 Å². The lowest BCUT2D eigenvalue weighted by atomic mass is 10.2. The van der Waals surface area contributed by atoms with E-state index >= 15 is 0 Å². The molecule has 0 saturated heterocycles. The Bertz CT molecular complexity index is 344. The highest BCUT2D eigenvalue weighted by molar-refractivity contribution is 9.10. The summed E-state index contributed by atoms with van der Waals surface area (Å²) in [5.74, 6) is 0. The van der Waals surface area contributed by atoms with E-state index in [9.17, 15) is 0 Å². The van der Waals surface area contributed by atoms with Gasteiger partial charge in [-0.1, -0.05) is 6.07 Å². The maximum absolute atomic E-state index is 8.91. The van der Waals surface area contributed by atoms with Gasteiger partial charge in [0.15, 0.2) is 0 Å². The Labute approximate surface area is 92.0 Å². The summed E-state index contributed by atoms with van der Waals surface area (Å²) in [5, 5.41) is 12.1. The van der Waals surface area contributed by atoms with E-state index < -0.39 is 0 Å². The molecule has 0 heterocycles. The quantitative estimate of drug-likeness (QED) is 0.808. The molecule has 0 unspecified atom stereocenters. The van der Waals surface area contributed by atoms with E-state index in [-0.39, 0.29) is 0 Å². The van der Waals surface area contributed by atoms with Crippen molar-refractivity contribution in [3.63, 3.8) is 0 Å². The number of nitrogens with one attached hydrogen (secondary N) is 1. The van der Waals surface area contributed by atoms with Gasteiger partial charge in [-0.25, -0.2) is 0 Å². The van der Waals surface area contributed by atoms with Crippen molar-refractivity contribution in [2.45, 2.75) is 6.42 Å². The molecule has 0 amide bonds. The first kappa shape index (κ1) is 11.0. The molecule has 4 heteroatoms. The number of anilines is 1. The Balaban J connectivity index is 2.76. The van der Waals surface area contributed by atoms with Crippen molar-refractivity contribution in [3.8, 4) is 6.07 Å². The Morgan fingerprint density at radius 3 is 2.93 bits per heavy atom. The molecule has 0 aliphatic heterocycles. The first-order valence-electron chi connectivity index (χ1n) is 4.42. The summed E-state index contributed by atoms with van der Waals surface area (Å²) in [6.45, 7) is 1.45. The number of nitriles is 1. The molecule has 3 nitrogen and oxygen atoms in total. The van der Waals surface area contributed by atoms with Crippen molar-refractivity contribution in [1.82, 2.24) is 0 Å². The molecule has 1 aromatic rings. The second-order valence-electron chi connectivity index (χ2n) is 2.84. The minimum atomic E-state index is 0.643. The van der Waals surface area contributed by atoms with Crippen LogP contribution in [0, 0.1) is 11.3 Å². The largest absolute Gasteiger partial charge is 0.384 e. The molecule has 0 fully saturated rings. The number of rotatable bonds is 4. The van der Waals surface area contributed by atoms with Gasteiger partial charge >= 0.3 is 0 Å². The van der Waals surface area contributed by atoms with Crippen LogP contribution in [0.3, 0.4) is 0 Å².